The zero-order chi connectivity index (χ0) is 8.39. The van der Waals surface area contributed by atoms with Crippen molar-refractivity contribution in [2.75, 3.05) is 5.06 Å². The van der Waals surface area contributed by atoms with Crippen LogP contribution in [0, 0.1) is 5.21 Å². The van der Waals surface area contributed by atoms with Crippen LogP contribution in [0.3, 0.4) is 0 Å². The average molecular weight is 158 g/mol. The van der Waals surface area contributed by atoms with Gasteiger partial charge in [-0.15, -0.1) is 0 Å². The number of hydroxylamine groups is 1. The number of nitrogens with zero attached hydrogens (tertiary/aromatic N) is 1. The van der Waals surface area contributed by atoms with Gasteiger partial charge < -0.3 is 10.3 Å². The highest BCUT2D eigenvalue weighted by atomic mass is 16.5. The summed E-state index contributed by atoms with van der Waals surface area (Å²) in [6.45, 7) is 0. The third kappa shape index (κ3) is 1.12. The van der Waals surface area contributed by atoms with Crippen molar-refractivity contribution < 1.29 is 0 Å². The van der Waals surface area contributed by atoms with Crippen LogP contribution in [0.15, 0.2) is 42.6 Å². The molecule has 1 aromatic carbocycles. The maximum atomic E-state index is 11.3. The molecule has 0 N–H and O–H groups in total. The fraction of sp³-hybridized carbons (Fsp3) is 0. The summed E-state index contributed by atoms with van der Waals surface area (Å²) in [4.78, 5) is 0. The number of hydrogen-bond acceptors (Lipinski definition) is 2. The molecule has 1 aromatic rings. The van der Waals surface area contributed by atoms with E-state index >= 15 is 0 Å². The Balaban J connectivity index is 2.56. The molecule has 1 aliphatic heterocycles. The SMILES string of the molecule is [O-]N1C=CC=Cc2ccccc21. The average Bonchev–Trinajstić information content (AvgIpc) is 2.29. The first-order chi connectivity index (χ1) is 5.88. The first-order valence-corrected chi connectivity index (χ1v) is 3.78. The molecular formula is C10H8NO-. The molecule has 1 aliphatic rings. The van der Waals surface area contributed by atoms with Crippen LogP contribution in [0.4, 0.5) is 5.69 Å². The Morgan fingerprint density at radius 2 is 1.92 bits per heavy atom. The van der Waals surface area contributed by atoms with E-state index < -0.39 is 0 Å². The lowest BCUT2D eigenvalue weighted by molar-refractivity contribution is 1.30. The number of hydrogen-bond donors (Lipinski definition) is 0. The van der Waals surface area contributed by atoms with Gasteiger partial charge in [-0.25, -0.2) is 0 Å². The number of anilines is 1. The molecule has 0 bridgehead atoms. The predicted molar refractivity (Wildman–Crippen MR) is 50.5 cm³/mol. The van der Waals surface area contributed by atoms with Crippen LogP contribution < -0.4 is 5.06 Å². The number of benzene rings is 1. The molecule has 0 radical (unpaired) electrons. The number of fused-ring (bicyclic) bond motifs is 1. The van der Waals surface area contributed by atoms with E-state index in [0.717, 1.165) is 10.6 Å². The minimum absolute atomic E-state index is 0.697. The van der Waals surface area contributed by atoms with Crippen molar-refractivity contribution in [3.8, 4) is 0 Å². The second kappa shape index (κ2) is 2.83. The summed E-state index contributed by atoms with van der Waals surface area (Å²) < 4.78 is 0. The van der Waals surface area contributed by atoms with Gasteiger partial charge in [0.05, 0.1) is 0 Å². The van der Waals surface area contributed by atoms with Crippen molar-refractivity contribution in [1.29, 1.82) is 0 Å². The van der Waals surface area contributed by atoms with Gasteiger partial charge in [0.1, 0.15) is 0 Å². The zero-order valence-electron chi connectivity index (χ0n) is 6.47. The fourth-order valence-corrected chi connectivity index (χ4v) is 1.20. The molecule has 0 unspecified atom stereocenters. The maximum Gasteiger partial charge on any atom is 0.0372 e. The van der Waals surface area contributed by atoms with Crippen molar-refractivity contribution in [3.63, 3.8) is 0 Å². The molecule has 60 valence electrons. The highest BCUT2D eigenvalue weighted by Crippen LogP contribution is 2.22. The summed E-state index contributed by atoms with van der Waals surface area (Å²) in [5.74, 6) is 0. The van der Waals surface area contributed by atoms with Crippen molar-refractivity contribution in [1.82, 2.24) is 0 Å². The molecule has 1 heterocycles. The fourth-order valence-electron chi connectivity index (χ4n) is 1.20. The topological polar surface area (TPSA) is 26.3 Å². The summed E-state index contributed by atoms with van der Waals surface area (Å²) in [7, 11) is 0. The third-order valence-electron chi connectivity index (χ3n) is 1.78. The van der Waals surface area contributed by atoms with E-state index in [1.165, 1.54) is 6.20 Å². The van der Waals surface area contributed by atoms with Gasteiger partial charge in [0.25, 0.3) is 0 Å². The second-order valence-corrected chi connectivity index (χ2v) is 2.59. The molecule has 0 spiro atoms. The van der Waals surface area contributed by atoms with Crippen molar-refractivity contribution >= 4 is 11.8 Å². The van der Waals surface area contributed by atoms with E-state index in [-0.39, 0.29) is 0 Å². The van der Waals surface area contributed by atoms with Crippen LogP contribution in [-0.4, -0.2) is 0 Å². The number of para-hydroxylation sites is 1. The first kappa shape index (κ1) is 7.13. The molecule has 0 saturated heterocycles. The van der Waals surface area contributed by atoms with Crippen molar-refractivity contribution in [3.05, 3.63) is 53.4 Å². The predicted octanol–water partition coefficient (Wildman–Crippen LogP) is 2.53. The minimum Gasteiger partial charge on any atom is -0.754 e. The molecule has 12 heavy (non-hydrogen) atoms. The van der Waals surface area contributed by atoms with Gasteiger partial charge >= 0.3 is 0 Å². The number of allylic oxidation sites excluding steroid dienone is 2. The Labute approximate surface area is 71.0 Å². The summed E-state index contributed by atoms with van der Waals surface area (Å²) in [6.07, 6.45) is 7.01. The van der Waals surface area contributed by atoms with E-state index in [4.69, 9.17) is 0 Å². The minimum atomic E-state index is 0.697. The molecule has 0 amide bonds. The Hall–Kier alpha value is -1.54. The van der Waals surface area contributed by atoms with Gasteiger partial charge in [-0.1, -0.05) is 30.4 Å². The lowest BCUT2D eigenvalue weighted by Gasteiger charge is -2.26. The Morgan fingerprint density at radius 1 is 1.08 bits per heavy atom. The van der Waals surface area contributed by atoms with E-state index in [9.17, 15) is 5.21 Å². The summed E-state index contributed by atoms with van der Waals surface area (Å²) in [5, 5.41) is 12.2. The molecule has 0 aliphatic carbocycles. The summed E-state index contributed by atoms with van der Waals surface area (Å²) >= 11 is 0. The highest BCUT2D eigenvalue weighted by Gasteiger charge is 1.98. The molecular weight excluding hydrogens is 150 g/mol. The molecule has 0 atom stereocenters. The van der Waals surface area contributed by atoms with Gasteiger partial charge in [-0.3, -0.25) is 0 Å². The molecule has 0 aromatic heterocycles. The van der Waals surface area contributed by atoms with Crippen LogP contribution in [0.2, 0.25) is 0 Å². The van der Waals surface area contributed by atoms with E-state index in [0.29, 0.717) is 5.69 Å². The maximum absolute atomic E-state index is 11.3. The van der Waals surface area contributed by atoms with Gasteiger partial charge in [0.15, 0.2) is 0 Å². The van der Waals surface area contributed by atoms with Crippen LogP contribution in [0.5, 0.6) is 0 Å². The molecule has 2 nitrogen and oxygen atoms in total. The molecule has 2 heteroatoms. The van der Waals surface area contributed by atoms with Crippen LogP contribution in [0.25, 0.3) is 6.08 Å². The lowest BCUT2D eigenvalue weighted by Crippen LogP contribution is -2.05. The Kier molecular flexibility index (Phi) is 1.68. The Morgan fingerprint density at radius 3 is 2.83 bits per heavy atom. The Bertz CT molecular complexity index is 341. The highest BCUT2D eigenvalue weighted by molar-refractivity contribution is 5.71. The lowest BCUT2D eigenvalue weighted by atomic mass is 10.2. The summed E-state index contributed by atoms with van der Waals surface area (Å²) in [6, 6.07) is 7.51. The van der Waals surface area contributed by atoms with E-state index in [1.54, 1.807) is 6.08 Å². The molecule has 0 fully saturated rings. The van der Waals surface area contributed by atoms with Gasteiger partial charge in [-0.05, 0) is 23.9 Å². The summed E-state index contributed by atoms with van der Waals surface area (Å²) in [5.41, 5.74) is 1.65. The quantitative estimate of drug-likeness (QED) is 0.580. The van der Waals surface area contributed by atoms with Crippen molar-refractivity contribution in [2.45, 2.75) is 0 Å². The third-order valence-corrected chi connectivity index (χ3v) is 1.78. The van der Waals surface area contributed by atoms with Crippen LogP contribution >= 0.6 is 0 Å². The van der Waals surface area contributed by atoms with Crippen LogP contribution in [0.1, 0.15) is 5.56 Å². The van der Waals surface area contributed by atoms with E-state index in [1.807, 2.05) is 36.4 Å². The van der Waals surface area contributed by atoms with Gasteiger partial charge in [0, 0.05) is 5.69 Å². The zero-order valence-corrected chi connectivity index (χ0v) is 6.47. The van der Waals surface area contributed by atoms with Crippen molar-refractivity contribution in [2.24, 2.45) is 0 Å². The largest absolute Gasteiger partial charge is 0.754 e. The normalized spacial score (nSPS) is 14.2. The van der Waals surface area contributed by atoms with Gasteiger partial charge in [-0.2, -0.15) is 0 Å². The van der Waals surface area contributed by atoms with Gasteiger partial charge in [0.2, 0.25) is 0 Å². The van der Waals surface area contributed by atoms with Crippen LogP contribution in [-0.2, 0) is 0 Å². The number of rotatable bonds is 0. The molecule has 2 rings (SSSR count). The molecule has 0 saturated carbocycles. The first-order valence-electron chi connectivity index (χ1n) is 3.78. The smallest absolute Gasteiger partial charge is 0.0372 e. The van der Waals surface area contributed by atoms with E-state index in [2.05, 4.69) is 0 Å². The standard InChI is InChI=1S/C10H8NO/c12-11-8-4-3-6-9-5-1-2-7-10(9)11/h1-8H/q-1. The second-order valence-electron chi connectivity index (χ2n) is 2.59. The monoisotopic (exact) mass is 158 g/mol.